The predicted octanol–water partition coefficient (Wildman–Crippen LogP) is 3.41. The van der Waals surface area contributed by atoms with Gasteiger partial charge in [-0.15, -0.1) is 0 Å². The summed E-state index contributed by atoms with van der Waals surface area (Å²) in [6.45, 7) is 7.91. The van der Waals surface area contributed by atoms with Crippen LogP contribution in [0.2, 0.25) is 0 Å². The molecule has 0 bridgehead atoms. The second kappa shape index (κ2) is 8.88. The number of para-hydroxylation sites is 1. The molecule has 0 aliphatic carbocycles. The fraction of sp³-hybridized carbons (Fsp3) is 0.524. The lowest BCUT2D eigenvalue weighted by atomic mass is 9.99. The number of carbonyl (C=O) groups excluding carboxylic acids is 2. The summed E-state index contributed by atoms with van der Waals surface area (Å²) in [5.74, 6) is 0.495. The van der Waals surface area contributed by atoms with Crippen molar-refractivity contribution in [1.29, 1.82) is 0 Å². The van der Waals surface area contributed by atoms with Crippen LogP contribution >= 0.6 is 0 Å². The molecule has 5 nitrogen and oxygen atoms in total. The predicted molar refractivity (Wildman–Crippen MR) is 103 cm³/mol. The molecule has 0 saturated heterocycles. The van der Waals surface area contributed by atoms with Gasteiger partial charge in [-0.1, -0.05) is 38.1 Å². The summed E-state index contributed by atoms with van der Waals surface area (Å²) in [4.78, 5) is 27.1. The molecule has 0 saturated carbocycles. The molecule has 1 heterocycles. The van der Waals surface area contributed by atoms with E-state index in [1.165, 1.54) is 4.90 Å². The van der Waals surface area contributed by atoms with E-state index in [-0.39, 0.29) is 24.0 Å². The van der Waals surface area contributed by atoms with Gasteiger partial charge in [-0.05, 0) is 38.3 Å². The van der Waals surface area contributed by atoms with Crippen molar-refractivity contribution in [3.63, 3.8) is 0 Å². The van der Waals surface area contributed by atoms with E-state index in [1.54, 1.807) is 32.2 Å². The van der Waals surface area contributed by atoms with Gasteiger partial charge in [0.15, 0.2) is 0 Å². The molecule has 5 heteroatoms. The second-order valence-electron chi connectivity index (χ2n) is 7.32. The minimum atomic E-state index is -0.568. The van der Waals surface area contributed by atoms with Gasteiger partial charge in [0, 0.05) is 19.5 Å². The Morgan fingerprint density at radius 2 is 1.77 bits per heavy atom. The number of likely N-dealkylation sites (N-methyl/N-ethyl adjacent to an activating group) is 1. The van der Waals surface area contributed by atoms with Crippen LogP contribution in [0.4, 0.5) is 0 Å². The Kier molecular flexibility index (Phi) is 6.83. The van der Waals surface area contributed by atoms with Crippen LogP contribution < -0.4 is 10.1 Å². The molecule has 0 aromatic heterocycles. The lowest BCUT2D eigenvalue weighted by Gasteiger charge is -2.29. The van der Waals surface area contributed by atoms with Gasteiger partial charge < -0.3 is 15.0 Å². The van der Waals surface area contributed by atoms with E-state index in [9.17, 15) is 9.59 Å². The molecule has 1 aromatic rings. The largest absolute Gasteiger partial charge is 0.490 e. The molecule has 1 N–H and O–H groups in total. The van der Waals surface area contributed by atoms with Crippen molar-refractivity contribution < 1.29 is 14.3 Å². The van der Waals surface area contributed by atoms with Gasteiger partial charge in [0.1, 0.15) is 11.8 Å². The van der Waals surface area contributed by atoms with Crippen LogP contribution in [0.25, 0.3) is 0 Å². The van der Waals surface area contributed by atoms with Gasteiger partial charge in [-0.2, -0.15) is 0 Å². The third-order valence-electron chi connectivity index (χ3n) is 4.88. The van der Waals surface area contributed by atoms with Gasteiger partial charge in [-0.25, -0.2) is 0 Å². The third kappa shape index (κ3) is 4.87. The summed E-state index contributed by atoms with van der Waals surface area (Å²) in [6.07, 6.45) is 5.64. The zero-order chi connectivity index (χ0) is 19.3. The van der Waals surface area contributed by atoms with E-state index in [2.05, 4.69) is 31.3 Å². The number of hydrogen-bond acceptors (Lipinski definition) is 3. The molecule has 0 fully saturated rings. The Morgan fingerprint density at radius 1 is 1.12 bits per heavy atom. The molecule has 142 valence electrons. The molecule has 1 aromatic carbocycles. The number of rotatable bonds is 1. The number of nitrogens with one attached hydrogen (secondary N) is 1. The quantitative estimate of drug-likeness (QED) is 0.783. The van der Waals surface area contributed by atoms with Gasteiger partial charge in [0.2, 0.25) is 5.91 Å². The molecule has 0 radical (unpaired) electrons. The minimum Gasteiger partial charge on any atom is -0.490 e. The molecule has 1 aliphatic rings. The van der Waals surface area contributed by atoms with Crippen LogP contribution in [0.3, 0.4) is 0 Å². The van der Waals surface area contributed by atoms with Crippen LogP contribution in [-0.4, -0.2) is 41.9 Å². The van der Waals surface area contributed by atoms with E-state index in [1.807, 2.05) is 13.0 Å². The smallest absolute Gasteiger partial charge is 0.258 e. The van der Waals surface area contributed by atoms with Gasteiger partial charge in [0.05, 0.1) is 11.7 Å². The monoisotopic (exact) mass is 358 g/mol. The lowest BCUT2D eigenvalue weighted by molar-refractivity contribution is -0.125. The van der Waals surface area contributed by atoms with E-state index in [0.29, 0.717) is 17.2 Å². The fourth-order valence-corrected chi connectivity index (χ4v) is 2.88. The Labute approximate surface area is 156 Å². The highest BCUT2D eigenvalue weighted by Crippen LogP contribution is 2.23. The normalized spacial score (nSPS) is 26.5. The van der Waals surface area contributed by atoms with E-state index < -0.39 is 6.04 Å². The average Bonchev–Trinajstić information content (AvgIpc) is 2.61. The molecule has 2 rings (SSSR count). The van der Waals surface area contributed by atoms with E-state index >= 15 is 0 Å². The molecule has 1 aliphatic heterocycles. The zero-order valence-corrected chi connectivity index (χ0v) is 16.4. The summed E-state index contributed by atoms with van der Waals surface area (Å²) >= 11 is 0. The summed E-state index contributed by atoms with van der Waals surface area (Å²) in [7, 11) is 1.66. The number of fused-ring (bicyclic) bond motifs is 1. The first-order valence-corrected chi connectivity index (χ1v) is 9.29. The maximum atomic E-state index is 12.9. The first-order valence-electron chi connectivity index (χ1n) is 9.29. The summed E-state index contributed by atoms with van der Waals surface area (Å²) in [5.41, 5.74) is 0.475. The van der Waals surface area contributed by atoms with Crippen molar-refractivity contribution in [2.24, 2.45) is 5.92 Å². The molecule has 0 spiro atoms. The second-order valence-corrected chi connectivity index (χ2v) is 7.32. The highest BCUT2D eigenvalue weighted by molar-refractivity contribution is 5.99. The standard InChI is InChI=1S/C21H30N2O3/c1-14(2)18-12-8-6-10-15(3)26-19-13-9-7-11-17(19)21(25)23(5)16(4)20(24)22-18/h6-9,11,13-16,18H,10,12H2,1-5H3,(H,22,24)/b8-6+/t15-,16-,18-/m1/s1. The Morgan fingerprint density at radius 3 is 2.46 bits per heavy atom. The average molecular weight is 358 g/mol. The fourth-order valence-electron chi connectivity index (χ4n) is 2.88. The van der Waals surface area contributed by atoms with Crippen LogP contribution in [-0.2, 0) is 4.79 Å². The maximum absolute atomic E-state index is 12.9. The first kappa shape index (κ1) is 20.0. The van der Waals surface area contributed by atoms with Gasteiger partial charge in [0.25, 0.3) is 5.91 Å². The van der Waals surface area contributed by atoms with Crippen LogP contribution in [0.1, 0.15) is 50.9 Å². The number of carbonyl (C=O) groups is 2. The van der Waals surface area contributed by atoms with Gasteiger partial charge in [-0.3, -0.25) is 9.59 Å². The summed E-state index contributed by atoms with van der Waals surface area (Å²) in [5, 5.41) is 3.09. The number of hydrogen-bond donors (Lipinski definition) is 1. The topological polar surface area (TPSA) is 58.6 Å². The molecular weight excluding hydrogens is 328 g/mol. The van der Waals surface area contributed by atoms with E-state index in [0.717, 1.165) is 12.8 Å². The van der Waals surface area contributed by atoms with Crippen molar-refractivity contribution >= 4 is 11.8 Å². The highest BCUT2D eigenvalue weighted by Gasteiger charge is 2.27. The number of nitrogens with zero attached hydrogens (tertiary/aromatic N) is 1. The van der Waals surface area contributed by atoms with Crippen molar-refractivity contribution in [3.05, 3.63) is 42.0 Å². The zero-order valence-electron chi connectivity index (χ0n) is 16.4. The molecule has 26 heavy (non-hydrogen) atoms. The summed E-state index contributed by atoms with van der Waals surface area (Å²) in [6, 6.07) is 6.66. The van der Waals surface area contributed by atoms with Crippen molar-refractivity contribution in [2.45, 2.75) is 58.7 Å². The molecule has 3 atom stereocenters. The van der Waals surface area contributed by atoms with E-state index in [4.69, 9.17) is 4.74 Å². The Balaban J connectivity index is 2.36. The first-order chi connectivity index (χ1) is 12.3. The Bertz CT molecular complexity index is 669. The van der Waals surface area contributed by atoms with Crippen molar-refractivity contribution in [1.82, 2.24) is 10.2 Å². The van der Waals surface area contributed by atoms with Crippen LogP contribution in [0.5, 0.6) is 5.75 Å². The van der Waals surface area contributed by atoms with Crippen LogP contribution in [0, 0.1) is 5.92 Å². The highest BCUT2D eigenvalue weighted by atomic mass is 16.5. The number of ether oxygens (including phenoxy) is 1. The number of amides is 2. The number of benzene rings is 1. The minimum absolute atomic E-state index is 0.0381. The summed E-state index contributed by atoms with van der Waals surface area (Å²) < 4.78 is 6.00. The molecule has 0 unspecified atom stereocenters. The third-order valence-corrected chi connectivity index (χ3v) is 4.88. The van der Waals surface area contributed by atoms with Gasteiger partial charge >= 0.3 is 0 Å². The maximum Gasteiger partial charge on any atom is 0.258 e. The van der Waals surface area contributed by atoms with Crippen molar-refractivity contribution in [3.8, 4) is 5.75 Å². The Hall–Kier alpha value is -2.30. The SMILES string of the molecule is CC(C)[C@H]1C/C=C/C[C@@H](C)Oc2ccccc2C(=O)N(C)[C@H](C)C(=O)N1. The van der Waals surface area contributed by atoms with Crippen LogP contribution in [0.15, 0.2) is 36.4 Å². The lowest BCUT2D eigenvalue weighted by Crippen LogP contribution is -2.50. The molecular formula is C21H30N2O3. The van der Waals surface area contributed by atoms with Crippen molar-refractivity contribution in [2.75, 3.05) is 7.05 Å². The molecule has 2 amide bonds.